The van der Waals surface area contributed by atoms with Crippen LogP contribution in [0.1, 0.15) is 13.8 Å². The molecule has 0 N–H and O–H groups in total. The maximum absolute atomic E-state index is 11.0. The van der Waals surface area contributed by atoms with E-state index in [1.807, 2.05) is 48.5 Å². The summed E-state index contributed by atoms with van der Waals surface area (Å²) >= 11 is 4.13. The van der Waals surface area contributed by atoms with Gasteiger partial charge in [0.1, 0.15) is 0 Å². The van der Waals surface area contributed by atoms with Gasteiger partial charge in [-0.15, -0.1) is 0 Å². The third-order valence-corrected chi connectivity index (χ3v) is 5.01. The number of hydrogen-bond acceptors (Lipinski definition) is 5. The quantitative estimate of drug-likeness (QED) is 0.725. The third-order valence-electron chi connectivity index (χ3n) is 2.41. The van der Waals surface area contributed by atoms with Crippen LogP contribution < -0.4 is 0 Å². The van der Waals surface area contributed by atoms with Crippen LogP contribution in [0.5, 0.6) is 0 Å². The molecule has 5 heteroatoms. The van der Waals surface area contributed by atoms with Crippen molar-refractivity contribution in [3.05, 3.63) is 48.5 Å². The highest BCUT2D eigenvalue weighted by molar-refractivity contribution is 8.13. The zero-order valence-electron chi connectivity index (χ0n) is 11.7. The molecule has 0 aliphatic rings. The Morgan fingerprint density at radius 3 is 1.19 bits per heavy atom. The van der Waals surface area contributed by atoms with E-state index in [1.165, 1.54) is 23.5 Å². The van der Waals surface area contributed by atoms with E-state index in [9.17, 15) is 9.59 Å². The van der Waals surface area contributed by atoms with Gasteiger partial charge in [-0.2, -0.15) is 0 Å². The van der Waals surface area contributed by atoms with Gasteiger partial charge in [0.15, 0.2) is 10.2 Å². The maximum atomic E-state index is 11.0. The van der Waals surface area contributed by atoms with Crippen LogP contribution in [0.25, 0.3) is 0 Å². The van der Waals surface area contributed by atoms with E-state index >= 15 is 0 Å². The van der Waals surface area contributed by atoms with Crippen molar-refractivity contribution in [2.24, 2.45) is 0 Å². The molecule has 0 radical (unpaired) electrons. The third kappa shape index (κ3) is 5.61. The summed E-state index contributed by atoms with van der Waals surface area (Å²) < 4.78 is 0. The largest absolute Gasteiger partial charge is 0.287 e. The Morgan fingerprint density at radius 1 is 0.619 bits per heavy atom. The predicted molar refractivity (Wildman–Crippen MR) is 90.1 cm³/mol. The van der Waals surface area contributed by atoms with Gasteiger partial charge < -0.3 is 0 Å². The first kappa shape index (κ1) is 16.2. The van der Waals surface area contributed by atoms with Gasteiger partial charge in [0.05, 0.1) is 0 Å². The van der Waals surface area contributed by atoms with E-state index in [2.05, 4.69) is 0 Å². The van der Waals surface area contributed by atoms with Crippen molar-refractivity contribution in [1.82, 2.24) is 0 Å². The zero-order chi connectivity index (χ0) is 15.2. The van der Waals surface area contributed by atoms with E-state index in [1.54, 1.807) is 25.6 Å². The van der Waals surface area contributed by atoms with Crippen LogP contribution in [0, 0.1) is 0 Å². The molecular weight excluding hydrogens is 320 g/mol. The van der Waals surface area contributed by atoms with Crippen molar-refractivity contribution < 1.29 is 9.59 Å². The molecule has 0 heterocycles. The van der Waals surface area contributed by atoms with Crippen LogP contribution in [-0.4, -0.2) is 10.2 Å². The molecule has 0 amide bonds. The summed E-state index contributed by atoms with van der Waals surface area (Å²) in [5.74, 6) is 0. The molecule has 0 fully saturated rings. The van der Waals surface area contributed by atoms with Crippen LogP contribution in [0.15, 0.2) is 68.1 Å². The molecule has 0 unspecified atom stereocenters. The minimum Gasteiger partial charge on any atom is -0.287 e. The Hall–Kier alpha value is -1.17. The fraction of sp³-hybridized carbons (Fsp3) is 0.125. The second-order valence-corrected chi connectivity index (χ2v) is 7.88. The van der Waals surface area contributed by atoms with Crippen LogP contribution >= 0.6 is 35.3 Å². The fourth-order valence-corrected chi connectivity index (χ4v) is 3.64. The highest BCUT2D eigenvalue weighted by Gasteiger charge is 2.02. The van der Waals surface area contributed by atoms with E-state index in [0.717, 1.165) is 19.6 Å². The average molecular weight is 334 g/mol. The molecule has 2 aromatic carbocycles. The molecule has 0 aliphatic carbocycles. The molecular formula is C16H14O2S3. The molecule has 0 bridgehead atoms. The Kier molecular flexibility index (Phi) is 5.96. The summed E-state index contributed by atoms with van der Waals surface area (Å²) in [4.78, 5) is 26.2. The average Bonchev–Trinajstić information content (AvgIpc) is 2.42. The maximum Gasteiger partial charge on any atom is 0.190 e. The minimum atomic E-state index is 0.0916. The Bertz CT molecular complexity index is 576. The van der Waals surface area contributed by atoms with Gasteiger partial charge in [-0.3, -0.25) is 9.59 Å². The first-order chi connectivity index (χ1) is 10.0. The zero-order valence-corrected chi connectivity index (χ0v) is 14.1. The van der Waals surface area contributed by atoms with Crippen molar-refractivity contribution in [3.63, 3.8) is 0 Å². The predicted octanol–water partition coefficient (Wildman–Crippen LogP) is 5.12. The lowest BCUT2D eigenvalue weighted by Crippen LogP contribution is -1.82. The van der Waals surface area contributed by atoms with Gasteiger partial charge in [0.25, 0.3) is 0 Å². The topological polar surface area (TPSA) is 34.1 Å². The van der Waals surface area contributed by atoms with Crippen molar-refractivity contribution in [1.29, 1.82) is 0 Å². The van der Waals surface area contributed by atoms with Crippen LogP contribution in [0.2, 0.25) is 0 Å². The molecule has 0 saturated carbocycles. The SMILES string of the molecule is CC(=O)Sc1ccc(Sc2ccc(SC(C)=O)cc2)cc1. The lowest BCUT2D eigenvalue weighted by atomic mass is 10.4. The van der Waals surface area contributed by atoms with Gasteiger partial charge in [0.2, 0.25) is 0 Å². The van der Waals surface area contributed by atoms with E-state index in [0.29, 0.717) is 0 Å². The van der Waals surface area contributed by atoms with Gasteiger partial charge >= 0.3 is 0 Å². The summed E-state index contributed by atoms with van der Waals surface area (Å²) in [6.07, 6.45) is 0. The first-order valence-corrected chi connectivity index (χ1v) is 8.73. The van der Waals surface area contributed by atoms with E-state index in [4.69, 9.17) is 0 Å². The minimum absolute atomic E-state index is 0.0916. The number of benzene rings is 2. The summed E-state index contributed by atoms with van der Waals surface area (Å²) in [5.41, 5.74) is 0. The summed E-state index contributed by atoms with van der Waals surface area (Å²) in [5, 5.41) is 0.183. The summed E-state index contributed by atoms with van der Waals surface area (Å²) in [6, 6.07) is 15.8. The number of carbonyl (C=O) groups excluding carboxylic acids is 2. The Morgan fingerprint density at radius 2 is 0.905 bits per heavy atom. The lowest BCUT2D eigenvalue weighted by molar-refractivity contribution is -0.109. The second-order valence-electron chi connectivity index (χ2n) is 4.23. The Balaban J connectivity index is 2.01. The molecule has 21 heavy (non-hydrogen) atoms. The molecule has 2 rings (SSSR count). The van der Waals surface area contributed by atoms with Crippen molar-refractivity contribution in [2.45, 2.75) is 33.4 Å². The normalized spacial score (nSPS) is 10.4. The van der Waals surface area contributed by atoms with E-state index < -0.39 is 0 Å². The van der Waals surface area contributed by atoms with Crippen molar-refractivity contribution >= 4 is 45.5 Å². The standard InChI is InChI=1S/C16H14O2S3/c1-11(17)19-13-3-7-15(8-4-13)21-16-9-5-14(6-10-16)20-12(2)18/h3-10H,1-2H3. The molecule has 0 saturated heterocycles. The van der Waals surface area contributed by atoms with Crippen molar-refractivity contribution in [3.8, 4) is 0 Å². The number of thioether (sulfide) groups is 2. The number of rotatable bonds is 4. The fourth-order valence-electron chi connectivity index (χ4n) is 1.62. The van der Waals surface area contributed by atoms with E-state index in [-0.39, 0.29) is 10.2 Å². The van der Waals surface area contributed by atoms with Gasteiger partial charge in [-0.25, -0.2) is 0 Å². The molecule has 2 nitrogen and oxygen atoms in total. The Labute approximate surface area is 137 Å². The van der Waals surface area contributed by atoms with Crippen LogP contribution in [0.3, 0.4) is 0 Å². The molecule has 2 aromatic rings. The summed E-state index contributed by atoms with van der Waals surface area (Å²) in [6.45, 7) is 3.13. The lowest BCUT2D eigenvalue weighted by Gasteiger charge is -2.04. The molecule has 0 aliphatic heterocycles. The van der Waals surface area contributed by atoms with Gasteiger partial charge in [-0.1, -0.05) is 35.3 Å². The van der Waals surface area contributed by atoms with Gasteiger partial charge in [-0.05, 0) is 48.5 Å². The highest BCUT2D eigenvalue weighted by Crippen LogP contribution is 2.31. The highest BCUT2D eigenvalue weighted by atomic mass is 32.2. The molecule has 0 atom stereocenters. The molecule has 0 aromatic heterocycles. The van der Waals surface area contributed by atoms with Crippen LogP contribution in [0.4, 0.5) is 0 Å². The number of hydrogen-bond donors (Lipinski definition) is 0. The van der Waals surface area contributed by atoms with Crippen molar-refractivity contribution in [2.75, 3.05) is 0 Å². The molecule has 108 valence electrons. The molecule has 0 spiro atoms. The smallest absolute Gasteiger partial charge is 0.190 e. The number of carbonyl (C=O) groups is 2. The first-order valence-electron chi connectivity index (χ1n) is 6.28. The van der Waals surface area contributed by atoms with Crippen LogP contribution in [-0.2, 0) is 9.59 Å². The monoisotopic (exact) mass is 334 g/mol. The second kappa shape index (κ2) is 7.73. The summed E-state index contributed by atoms with van der Waals surface area (Å²) in [7, 11) is 0. The van der Waals surface area contributed by atoms with Gasteiger partial charge in [0, 0.05) is 33.4 Å².